The van der Waals surface area contributed by atoms with Crippen molar-refractivity contribution in [2.75, 3.05) is 26.9 Å². The van der Waals surface area contributed by atoms with Gasteiger partial charge in [-0.15, -0.1) is 0 Å². The molecule has 7 aliphatic rings. The summed E-state index contributed by atoms with van der Waals surface area (Å²) in [5.74, 6) is -0.820. The normalized spacial score (nSPS) is 49.9. The van der Waals surface area contributed by atoms with Gasteiger partial charge < -0.3 is 50.2 Å². The van der Waals surface area contributed by atoms with E-state index < -0.39 is 53.6 Å². The van der Waals surface area contributed by atoms with E-state index in [4.69, 9.17) is 14.2 Å². The van der Waals surface area contributed by atoms with Crippen LogP contribution in [0, 0.1) is 62.1 Å². The minimum absolute atomic E-state index is 0.0439. The van der Waals surface area contributed by atoms with E-state index in [9.17, 15) is 35.4 Å². The lowest BCUT2D eigenvalue weighted by Gasteiger charge is -2.75. The molecule has 1 heterocycles. The van der Waals surface area contributed by atoms with E-state index >= 15 is 0 Å². The van der Waals surface area contributed by atoms with Crippen LogP contribution in [0.25, 0.3) is 0 Å². The fourth-order valence-corrected chi connectivity index (χ4v) is 14.5. The maximum Gasteiger partial charge on any atom is 0.310 e. The van der Waals surface area contributed by atoms with Crippen LogP contribution in [0.4, 0.5) is 0 Å². The van der Waals surface area contributed by atoms with Gasteiger partial charge in [-0.3, -0.25) is 4.79 Å². The highest BCUT2D eigenvalue weighted by Gasteiger charge is 2.75. The topological polar surface area (TPSA) is 178 Å². The molecule has 8 rings (SSSR count). The average Bonchev–Trinajstić information content (AvgIpc) is 3.18. The molecule has 0 aromatic heterocycles. The number of allylic oxidation sites excluding steroid dienone is 3. The summed E-state index contributed by atoms with van der Waals surface area (Å²) in [4.78, 5) is 13.3. The molecule has 0 amide bonds. The van der Waals surface area contributed by atoms with Crippen LogP contribution in [-0.2, 0) is 32.2 Å². The molecule has 1 aromatic carbocycles. The smallest absolute Gasteiger partial charge is 0.310 e. The summed E-state index contributed by atoms with van der Waals surface area (Å²) in [6.07, 6.45) is 5.32. The monoisotopic (exact) mass is 793 g/mol. The van der Waals surface area contributed by atoms with Crippen LogP contribution in [0.15, 0.2) is 48.1 Å². The molecule has 4 bridgehead atoms. The Bertz CT molecular complexity index is 1750. The summed E-state index contributed by atoms with van der Waals surface area (Å²) in [7, 11) is 1.92. The van der Waals surface area contributed by atoms with Crippen LogP contribution < -0.4 is 5.32 Å². The molecule has 0 radical (unpaired) electrons. The molecule has 11 nitrogen and oxygen atoms in total. The van der Waals surface area contributed by atoms with Crippen molar-refractivity contribution in [3.8, 4) is 0 Å². The molecule has 11 heteroatoms. The Morgan fingerprint density at radius 1 is 0.912 bits per heavy atom. The molecule has 17 atom stereocenters. The zero-order valence-electron chi connectivity index (χ0n) is 34.7. The van der Waals surface area contributed by atoms with Crippen molar-refractivity contribution in [3.63, 3.8) is 0 Å². The highest BCUT2D eigenvalue weighted by atomic mass is 16.7. The van der Waals surface area contributed by atoms with Gasteiger partial charge in [0.2, 0.25) is 0 Å². The van der Waals surface area contributed by atoms with Gasteiger partial charge in [-0.05, 0) is 108 Å². The first-order chi connectivity index (χ1) is 27.0. The number of rotatable bonds is 10. The van der Waals surface area contributed by atoms with Gasteiger partial charge in [0, 0.05) is 24.5 Å². The number of ether oxygens (including phenoxy) is 3. The van der Waals surface area contributed by atoms with E-state index in [0.717, 1.165) is 36.9 Å². The Hall–Kier alpha value is -2.19. The van der Waals surface area contributed by atoms with Crippen LogP contribution in [0.2, 0.25) is 0 Å². The van der Waals surface area contributed by atoms with Crippen molar-refractivity contribution < 1.29 is 49.6 Å². The highest BCUT2D eigenvalue weighted by molar-refractivity contribution is 5.76. The molecular weight excluding hydrogens is 727 g/mol. The number of hydrogen-bond acceptors (Lipinski definition) is 10. The van der Waals surface area contributed by atoms with Gasteiger partial charge in [-0.2, -0.15) is 0 Å². The Morgan fingerprint density at radius 2 is 1.61 bits per heavy atom. The quantitative estimate of drug-likeness (QED) is 0.130. The second-order valence-corrected chi connectivity index (χ2v) is 20.6. The Balaban J connectivity index is 1.21. The molecule has 0 spiro atoms. The van der Waals surface area contributed by atoms with Gasteiger partial charge in [0.1, 0.15) is 18.3 Å². The number of hydrogen-bond donors (Lipinski definition) is 7. The van der Waals surface area contributed by atoms with E-state index in [1.165, 1.54) is 5.57 Å². The second-order valence-electron chi connectivity index (χ2n) is 20.6. The van der Waals surface area contributed by atoms with E-state index in [1.54, 1.807) is 0 Å². The average molecular weight is 794 g/mol. The third-order valence-electron chi connectivity index (χ3n) is 17.8. The van der Waals surface area contributed by atoms with Gasteiger partial charge in [0.25, 0.3) is 0 Å². The molecule has 1 aromatic rings. The fraction of sp³-hybridized carbons (Fsp3) is 0.761. The third kappa shape index (κ3) is 5.95. The lowest BCUT2D eigenvalue weighted by Crippen LogP contribution is -2.75. The summed E-state index contributed by atoms with van der Waals surface area (Å²) < 4.78 is 19.7. The zero-order valence-corrected chi connectivity index (χ0v) is 34.7. The molecule has 1 saturated heterocycles. The fourth-order valence-electron chi connectivity index (χ4n) is 14.5. The number of aliphatic carboxylic acids is 1. The Morgan fingerprint density at radius 3 is 2.28 bits per heavy atom. The van der Waals surface area contributed by atoms with Gasteiger partial charge in [0.15, 0.2) is 6.29 Å². The van der Waals surface area contributed by atoms with E-state index in [-0.39, 0.29) is 71.1 Å². The first-order valence-electron chi connectivity index (χ1n) is 21.5. The predicted molar refractivity (Wildman–Crippen MR) is 212 cm³/mol. The summed E-state index contributed by atoms with van der Waals surface area (Å²) in [5, 5.41) is 68.4. The number of fused-ring (bicyclic) bond motifs is 5. The highest BCUT2D eigenvalue weighted by Crippen LogP contribution is 2.79. The number of benzene rings is 1. The first-order valence-corrected chi connectivity index (χ1v) is 21.5. The van der Waals surface area contributed by atoms with Crippen molar-refractivity contribution in [1.29, 1.82) is 0 Å². The molecular formula is C46H67NO10. The van der Waals surface area contributed by atoms with Crippen LogP contribution in [0.5, 0.6) is 0 Å². The molecule has 4 saturated carbocycles. The van der Waals surface area contributed by atoms with Crippen molar-refractivity contribution in [1.82, 2.24) is 5.32 Å². The minimum atomic E-state index is -1.49. The predicted octanol–water partition coefficient (Wildman–Crippen LogP) is 4.58. The van der Waals surface area contributed by atoms with Gasteiger partial charge >= 0.3 is 5.97 Å². The minimum Gasteiger partial charge on any atom is -0.481 e. The largest absolute Gasteiger partial charge is 0.481 e. The Kier molecular flexibility index (Phi) is 10.6. The first kappa shape index (κ1) is 41.5. The van der Waals surface area contributed by atoms with Gasteiger partial charge in [-0.25, -0.2) is 0 Å². The van der Waals surface area contributed by atoms with Gasteiger partial charge in [0.05, 0.1) is 37.4 Å². The molecule has 316 valence electrons. The molecule has 5 fully saturated rings. The zero-order chi connectivity index (χ0) is 40.9. The van der Waals surface area contributed by atoms with Crippen molar-refractivity contribution in [2.45, 2.75) is 130 Å². The van der Waals surface area contributed by atoms with E-state index in [1.807, 2.05) is 7.05 Å². The Labute approximate surface area is 337 Å². The number of carboxylic acid groups (broad SMARTS) is 1. The summed E-state index contributed by atoms with van der Waals surface area (Å²) in [6, 6.07) is 8.31. The second kappa shape index (κ2) is 14.5. The van der Waals surface area contributed by atoms with Crippen molar-refractivity contribution >= 4 is 5.97 Å². The number of carbonyl (C=O) groups is 1. The third-order valence-corrected chi connectivity index (χ3v) is 17.8. The van der Waals surface area contributed by atoms with Crippen LogP contribution in [-0.4, -0.2) is 100 Å². The summed E-state index contributed by atoms with van der Waals surface area (Å²) >= 11 is 0. The van der Waals surface area contributed by atoms with Crippen LogP contribution >= 0.6 is 0 Å². The van der Waals surface area contributed by atoms with Crippen molar-refractivity contribution in [2.24, 2.45) is 62.1 Å². The SMILES string of the molecule is CNCc1ccc(CO[C@H]2[C@@H](O[C@@H]3OC[C@@H](O)[C@H](O)[C@H]3O)[C@@](C)(CO)[C@H]3[C@H]4C=C[C@@H]2[C@]3(C)[C@H]2CC=C3[C@@H]5C[C@@](C)(CO)CC[C@]5(C(=O)O)CC[C@@]3(C)[C@]2(C)C4)cc1. The van der Waals surface area contributed by atoms with Crippen LogP contribution in [0.1, 0.15) is 90.7 Å². The summed E-state index contributed by atoms with van der Waals surface area (Å²) in [5.41, 5.74) is 0.538. The number of aliphatic hydroxyl groups is 5. The lowest BCUT2D eigenvalue weighted by molar-refractivity contribution is -0.346. The number of aliphatic hydroxyl groups excluding tert-OH is 5. The molecule has 57 heavy (non-hydrogen) atoms. The summed E-state index contributed by atoms with van der Waals surface area (Å²) in [6.45, 7) is 12.1. The molecule has 6 aliphatic carbocycles. The van der Waals surface area contributed by atoms with E-state index in [0.29, 0.717) is 32.3 Å². The maximum absolute atomic E-state index is 13.3. The number of carboxylic acids is 1. The molecule has 7 N–H and O–H groups in total. The number of nitrogens with one attached hydrogen (secondary N) is 1. The molecule has 1 aliphatic heterocycles. The van der Waals surface area contributed by atoms with E-state index in [2.05, 4.69) is 82.4 Å². The molecule has 0 unspecified atom stereocenters. The van der Waals surface area contributed by atoms with Gasteiger partial charge in [-0.1, -0.05) is 82.7 Å². The maximum atomic E-state index is 13.3. The van der Waals surface area contributed by atoms with Crippen LogP contribution in [0.3, 0.4) is 0 Å². The van der Waals surface area contributed by atoms with Crippen molar-refractivity contribution in [3.05, 3.63) is 59.2 Å². The standard InChI is InChI=1S/C46H67NO10/c1-41(24-48)15-17-46(40(53)54)18-16-43(3)29(31(46)20-41)13-14-33-44(43,4)19-28-11-12-30-36(55-22-27-9-7-26(8-10-27)21-47-6)38(42(2,25-49)37(28)45(30,33)5)57-39-35(52)34(51)32(50)23-56-39/h7-13,28,30-39,47-52H,14-25H2,1-6H3,(H,53,54)/t28-,30-,31-,32+,33-,34-,35+,36+,37+,38+,39-,41-,42-,43+,44+,45+,46-/m0/s1. The lowest BCUT2D eigenvalue weighted by atomic mass is 9.29.